The minimum atomic E-state index is -0.911. The first kappa shape index (κ1) is 13.9. The summed E-state index contributed by atoms with van der Waals surface area (Å²) in [5, 5.41) is 10.5. The van der Waals surface area contributed by atoms with Crippen LogP contribution >= 0.6 is 0 Å². The number of rotatable bonds is 4. The lowest BCUT2D eigenvalue weighted by atomic mass is 10.2. The van der Waals surface area contributed by atoms with Crippen molar-refractivity contribution in [2.24, 2.45) is 0 Å². The number of nitro benzene ring substituents is 1. The first-order chi connectivity index (χ1) is 9.47. The molecule has 0 fully saturated rings. The van der Waals surface area contributed by atoms with E-state index in [9.17, 15) is 18.9 Å². The van der Waals surface area contributed by atoms with Crippen LogP contribution in [0.25, 0.3) is 0 Å². The van der Waals surface area contributed by atoms with Gasteiger partial charge in [-0.2, -0.15) is 4.39 Å². The fourth-order valence-electron chi connectivity index (χ4n) is 1.66. The Kier molecular flexibility index (Phi) is 3.93. The topological polar surface area (TPSA) is 52.4 Å². The van der Waals surface area contributed by atoms with Crippen LogP contribution in [0.1, 0.15) is 11.1 Å². The average Bonchev–Trinajstić information content (AvgIpc) is 2.40. The van der Waals surface area contributed by atoms with Crippen molar-refractivity contribution in [2.75, 3.05) is 0 Å². The molecule has 0 aromatic heterocycles. The first-order valence-corrected chi connectivity index (χ1v) is 5.79. The quantitative estimate of drug-likeness (QED) is 0.632. The number of nitro groups is 1. The molecule has 2 aromatic rings. The molecule has 2 rings (SSSR count). The zero-order chi connectivity index (χ0) is 14.7. The SMILES string of the molecule is Cc1cc(OCc2ccc([N+](=O)[O-])c(F)c2)ccc1F. The predicted octanol–water partition coefficient (Wildman–Crippen LogP) is 3.76. The maximum absolute atomic E-state index is 13.4. The molecule has 104 valence electrons. The second-order valence-electron chi connectivity index (χ2n) is 4.24. The van der Waals surface area contributed by atoms with Crippen LogP contribution in [-0.2, 0) is 6.61 Å². The highest BCUT2D eigenvalue weighted by Crippen LogP contribution is 2.20. The number of hydrogen-bond acceptors (Lipinski definition) is 3. The Bertz CT molecular complexity index is 659. The molecule has 4 nitrogen and oxygen atoms in total. The van der Waals surface area contributed by atoms with Crippen molar-refractivity contribution in [1.82, 2.24) is 0 Å². The Morgan fingerprint density at radius 1 is 1.15 bits per heavy atom. The third kappa shape index (κ3) is 3.09. The Labute approximate surface area is 113 Å². The van der Waals surface area contributed by atoms with Crippen LogP contribution < -0.4 is 4.74 Å². The van der Waals surface area contributed by atoms with Crippen molar-refractivity contribution in [3.63, 3.8) is 0 Å². The van der Waals surface area contributed by atoms with Gasteiger partial charge in [-0.15, -0.1) is 0 Å². The van der Waals surface area contributed by atoms with E-state index >= 15 is 0 Å². The number of hydrogen-bond donors (Lipinski definition) is 0. The summed E-state index contributed by atoms with van der Waals surface area (Å²) in [5.41, 5.74) is 0.318. The largest absolute Gasteiger partial charge is 0.489 e. The lowest BCUT2D eigenvalue weighted by molar-refractivity contribution is -0.387. The van der Waals surface area contributed by atoms with Crippen LogP contribution in [0.4, 0.5) is 14.5 Å². The number of aryl methyl sites for hydroxylation is 1. The summed E-state index contributed by atoms with van der Waals surface area (Å²) < 4.78 is 31.8. The highest BCUT2D eigenvalue weighted by atomic mass is 19.1. The van der Waals surface area contributed by atoms with Gasteiger partial charge in [0.15, 0.2) is 0 Å². The maximum Gasteiger partial charge on any atom is 0.304 e. The minimum absolute atomic E-state index is 0.0417. The van der Waals surface area contributed by atoms with Gasteiger partial charge >= 0.3 is 5.69 Å². The summed E-state index contributed by atoms with van der Waals surface area (Å²) in [7, 11) is 0. The van der Waals surface area contributed by atoms with Crippen LogP contribution in [0.5, 0.6) is 5.75 Å². The minimum Gasteiger partial charge on any atom is -0.489 e. The molecule has 6 heteroatoms. The smallest absolute Gasteiger partial charge is 0.304 e. The third-order valence-electron chi connectivity index (χ3n) is 2.74. The van der Waals surface area contributed by atoms with Crippen LogP contribution in [0.2, 0.25) is 0 Å². The van der Waals surface area contributed by atoms with Crippen LogP contribution in [0, 0.1) is 28.7 Å². The number of benzene rings is 2. The molecule has 0 heterocycles. The van der Waals surface area contributed by atoms with E-state index in [1.165, 1.54) is 24.3 Å². The summed E-state index contributed by atoms with van der Waals surface area (Å²) in [6.07, 6.45) is 0. The monoisotopic (exact) mass is 279 g/mol. The van der Waals surface area contributed by atoms with Gasteiger partial charge in [0, 0.05) is 6.07 Å². The van der Waals surface area contributed by atoms with Gasteiger partial charge in [0.25, 0.3) is 0 Å². The van der Waals surface area contributed by atoms with Gasteiger partial charge in [-0.05, 0) is 48.4 Å². The molecule has 0 aliphatic rings. The predicted molar refractivity (Wildman–Crippen MR) is 68.5 cm³/mol. The van der Waals surface area contributed by atoms with E-state index in [2.05, 4.69) is 0 Å². The van der Waals surface area contributed by atoms with Gasteiger partial charge in [0.1, 0.15) is 18.2 Å². The zero-order valence-electron chi connectivity index (χ0n) is 10.6. The molecule has 0 N–H and O–H groups in total. The van der Waals surface area contributed by atoms with Gasteiger partial charge in [-0.1, -0.05) is 0 Å². The molecule has 2 aromatic carbocycles. The van der Waals surface area contributed by atoms with Crippen molar-refractivity contribution in [3.8, 4) is 5.75 Å². The Hall–Kier alpha value is -2.50. The highest BCUT2D eigenvalue weighted by Gasteiger charge is 2.13. The van der Waals surface area contributed by atoms with Gasteiger partial charge in [0.2, 0.25) is 5.82 Å². The van der Waals surface area contributed by atoms with E-state index in [1.807, 2.05) is 0 Å². The average molecular weight is 279 g/mol. The standard InChI is InChI=1S/C14H11F2NO3/c1-9-6-11(3-4-12(9)15)20-8-10-2-5-14(17(18)19)13(16)7-10/h2-7H,8H2,1H3. The normalized spacial score (nSPS) is 10.3. The van der Waals surface area contributed by atoms with Crippen molar-refractivity contribution in [2.45, 2.75) is 13.5 Å². The number of halogens is 2. The van der Waals surface area contributed by atoms with Gasteiger partial charge < -0.3 is 4.74 Å². The van der Waals surface area contributed by atoms with Crippen molar-refractivity contribution >= 4 is 5.69 Å². The fourth-order valence-corrected chi connectivity index (χ4v) is 1.66. The molecule has 0 unspecified atom stereocenters. The van der Waals surface area contributed by atoms with Crippen LogP contribution in [0.15, 0.2) is 36.4 Å². The molecule has 0 spiro atoms. The van der Waals surface area contributed by atoms with Gasteiger partial charge in [-0.3, -0.25) is 10.1 Å². The van der Waals surface area contributed by atoms with Crippen LogP contribution in [0.3, 0.4) is 0 Å². The molecular formula is C14H11F2NO3. The second-order valence-corrected chi connectivity index (χ2v) is 4.24. The molecule has 0 saturated heterocycles. The van der Waals surface area contributed by atoms with E-state index in [0.717, 1.165) is 12.1 Å². The fraction of sp³-hybridized carbons (Fsp3) is 0.143. The lowest BCUT2D eigenvalue weighted by Gasteiger charge is -2.07. The van der Waals surface area contributed by atoms with Crippen molar-refractivity contribution in [3.05, 3.63) is 69.3 Å². The third-order valence-corrected chi connectivity index (χ3v) is 2.74. The van der Waals surface area contributed by atoms with E-state index in [1.54, 1.807) is 6.92 Å². The number of nitrogens with zero attached hydrogens (tertiary/aromatic N) is 1. The Balaban J connectivity index is 2.09. The zero-order valence-corrected chi connectivity index (χ0v) is 10.6. The summed E-state index contributed by atoms with van der Waals surface area (Å²) in [4.78, 5) is 9.69. The molecule has 20 heavy (non-hydrogen) atoms. The van der Waals surface area contributed by atoms with Crippen LogP contribution in [-0.4, -0.2) is 4.92 Å². The molecule has 0 radical (unpaired) electrons. The highest BCUT2D eigenvalue weighted by molar-refractivity contribution is 5.35. The molecule has 0 aliphatic carbocycles. The molecule has 0 saturated carbocycles. The summed E-state index contributed by atoms with van der Waals surface area (Å²) >= 11 is 0. The lowest BCUT2D eigenvalue weighted by Crippen LogP contribution is -1.99. The first-order valence-electron chi connectivity index (χ1n) is 5.79. The maximum atomic E-state index is 13.4. The second kappa shape index (κ2) is 5.64. The Morgan fingerprint density at radius 2 is 1.90 bits per heavy atom. The molecule has 0 amide bonds. The molecule has 0 atom stereocenters. The molecule has 0 aliphatic heterocycles. The molecule has 0 bridgehead atoms. The van der Waals surface area contributed by atoms with Gasteiger partial charge in [0.05, 0.1) is 4.92 Å². The summed E-state index contributed by atoms with van der Waals surface area (Å²) in [5.74, 6) is -0.798. The number of ether oxygens (including phenoxy) is 1. The van der Waals surface area contributed by atoms with E-state index in [4.69, 9.17) is 4.74 Å². The van der Waals surface area contributed by atoms with Crippen molar-refractivity contribution < 1.29 is 18.4 Å². The van der Waals surface area contributed by atoms with E-state index < -0.39 is 16.4 Å². The van der Waals surface area contributed by atoms with E-state index in [-0.39, 0.29) is 12.4 Å². The Morgan fingerprint density at radius 3 is 2.50 bits per heavy atom. The van der Waals surface area contributed by atoms with E-state index in [0.29, 0.717) is 16.9 Å². The van der Waals surface area contributed by atoms with Gasteiger partial charge in [-0.25, -0.2) is 4.39 Å². The summed E-state index contributed by atoms with van der Waals surface area (Å²) in [6, 6.07) is 7.82. The molecular weight excluding hydrogens is 268 g/mol. The summed E-state index contributed by atoms with van der Waals surface area (Å²) in [6.45, 7) is 1.65. The van der Waals surface area contributed by atoms with Crippen molar-refractivity contribution in [1.29, 1.82) is 0 Å².